The number of methoxy groups -OCH3 is 2. The van der Waals surface area contributed by atoms with Crippen molar-refractivity contribution in [3.63, 3.8) is 0 Å². The summed E-state index contributed by atoms with van der Waals surface area (Å²) in [6.45, 7) is 1.65. The maximum atomic E-state index is 13.1. The van der Waals surface area contributed by atoms with E-state index in [4.69, 9.17) is 33.3 Å². The average Bonchev–Trinajstić information content (AvgIpc) is 3.44. The van der Waals surface area contributed by atoms with Crippen LogP contribution in [0.4, 0.5) is 17.1 Å². The van der Waals surface area contributed by atoms with Crippen molar-refractivity contribution in [2.45, 2.75) is 17.7 Å². The molecule has 12 heteroatoms. The van der Waals surface area contributed by atoms with Gasteiger partial charge >= 0.3 is 0 Å². The van der Waals surface area contributed by atoms with Crippen molar-refractivity contribution in [1.29, 1.82) is 0 Å². The largest absolute Gasteiger partial charge is 0.493 e. The van der Waals surface area contributed by atoms with Crippen LogP contribution in [-0.4, -0.2) is 46.7 Å². The standard InChI is InChI=1S/C26H27ClN4O5S2/c1-35-23-7-5-6-20(24(23)36-2)25(32)29-26(37)28-21-16-19(12-13-22(21)31-14-3-4-15-31)38(33,34)30-18-10-8-17(27)9-11-18/h5-13,16,30H,3-4,14-15H2,1-2H3,(H2,28,29,32,37). The summed E-state index contributed by atoms with van der Waals surface area (Å²) in [6, 6.07) is 16.1. The molecule has 1 aliphatic rings. The summed E-state index contributed by atoms with van der Waals surface area (Å²) in [5.74, 6) is 0.171. The fourth-order valence-corrected chi connectivity index (χ4v) is 5.55. The maximum absolute atomic E-state index is 13.1. The van der Waals surface area contributed by atoms with Gasteiger partial charge in [0.2, 0.25) is 0 Å². The molecule has 0 saturated carbocycles. The minimum absolute atomic E-state index is 0.000489. The number of anilines is 3. The number of halogens is 1. The van der Waals surface area contributed by atoms with E-state index in [-0.39, 0.29) is 21.3 Å². The molecule has 1 fully saturated rings. The van der Waals surface area contributed by atoms with E-state index in [0.717, 1.165) is 31.6 Å². The Morgan fingerprint density at radius 3 is 2.37 bits per heavy atom. The van der Waals surface area contributed by atoms with Gasteiger partial charge in [-0.25, -0.2) is 8.42 Å². The van der Waals surface area contributed by atoms with Crippen LogP contribution in [0.3, 0.4) is 0 Å². The molecule has 0 radical (unpaired) electrons. The normalized spacial score (nSPS) is 13.1. The van der Waals surface area contributed by atoms with Crippen LogP contribution in [0.15, 0.2) is 65.6 Å². The van der Waals surface area contributed by atoms with Crippen LogP contribution < -0.4 is 29.7 Å². The van der Waals surface area contributed by atoms with Gasteiger partial charge in [0.05, 0.1) is 36.1 Å². The van der Waals surface area contributed by atoms with Crippen molar-refractivity contribution in [2.75, 3.05) is 42.2 Å². The van der Waals surface area contributed by atoms with E-state index in [9.17, 15) is 13.2 Å². The highest BCUT2D eigenvalue weighted by molar-refractivity contribution is 7.92. The predicted molar refractivity (Wildman–Crippen MR) is 153 cm³/mol. The molecule has 1 aliphatic heterocycles. The Balaban J connectivity index is 1.59. The summed E-state index contributed by atoms with van der Waals surface area (Å²) < 4.78 is 39.4. The van der Waals surface area contributed by atoms with Gasteiger partial charge in [-0.05, 0) is 79.7 Å². The number of ether oxygens (including phenoxy) is 2. The fourth-order valence-electron chi connectivity index (χ4n) is 4.14. The molecule has 200 valence electrons. The van der Waals surface area contributed by atoms with Gasteiger partial charge in [0.15, 0.2) is 16.6 Å². The number of nitrogens with zero attached hydrogens (tertiary/aromatic N) is 1. The first-order valence-electron chi connectivity index (χ1n) is 11.7. The first kappa shape index (κ1) is 27.5. The van der Waals surface area contributed by atoms with Gasteiger partial charge in [-0.3, -0.25) is 14.8 Å². The summed E-state index contributed by atoms with van der Waals surface area (Å²) >= 11 is 11.3. The van der Waals surface area contributed by atoms with Gasteiger partial charge in [0, 0.05) is 23.8 Å². The highest BCUT2D eigenvalue weighted by Crippen LogP contribution is 2.33. The predicted octanol–water partition coefficient (Wildman–Crippen LogP) is 4.89. The van der Waals surface area contributed by atoms with Crippen molar-refractivity contribution in [3.05, 3.63) is 71.2 Å². The number of hydrogen-bond donors (Lipinski definition) is 3. The third-order valence-corrected chi connectivity index (χ3v) is 7.78. The maximum Gasteiger partial charge on any atom is 0.261 e. The quantitative estimate of drug-likeness (QED) is 0.327. The van der Waals surface area contributed by atoms with Crippen LogP contribution in [0, 0.1) is 0 Å². The van der Waals surface area contributed by atoms with E-state index in [0.29, 0.717) is 22.1 Å². The number of hydrogen-bond acceptors (Lipinski definition) is 7. The van der Waals surface area contributed by atoms with Crippen LogP contribution >= 0.6 is 23.8 Å². The van der Waals surface area contributed by atoms with Gasteiger partial charge in [-0.15, -0.1) is 0 Å². The lowest BCUT2D eigenvalue weighted by molar-refractivity contribution is 0.0974. The smallest absolute Gasteiger partial charge is 0.261 e. The van der Waals surface area contributed by atoms with Gasteiger partial charge in [0.1, 0.15) is 0 Å². The van der Waals surface area contributed by atoms with E-state index in [1.807, 2.05) is 0 Å². The van der Waals surface area contributed by atoms with Crippen LogP contribution in [-0.2, 0) is 10.0 Å². The van der Waals surface area contributed by atoms with Crippen molar-refractivity contribution < 1.29 is 22.7 Å². The second-order valence-electron chi connectivity index (χ2n) is 8.43. The summed E-state index contributed by atoms with van der Waals surface area (Å²) in [5.41, 5.74) is 1.85. The molecule has 0 aromatic heterocycles. The Morgan fingerprint density at radius 1 is 1.00 bits per heavy atom. The van der Waals surface area contributed by atoms with Gasteiger partial charge < -0.3 is 19.7 Å². The lowest BCUT2D eigenvalue weighted by Gasteiger charge is -2.23. The number of nitrogens with one attached hydrogen (secondary N) is 3. The fraction of sp³-hybridized carbons (Fsp3) is 0.231. The first-order chi connectivity index (χ1) is 18.2. The molecule has 1 heterocycles. The number of amides is 1. The van der Waals surface area contributed by atoms with Crippen molar-refractivity contribution in [2.24, 2.45) is 0 Å². The number of carbonyl (C=O) groups excluding carboxylic acids is 1. The molecule has 0 unspecified atom stereocenters. The molecule has 0 atom stereocenters. The van der Waals surface area contributed by atoms with Crippen molar-refractivity contribution in [1.82, 2.24) is 5.32 Å². The van der Waals surface area contributed by atoms with E-state index >= 15 is 0 Å². The molecule has 1 saturated heterocycles. The molecule has 38 heavy (non-hydrogen) atoms. The van der Waals surface area contributed by atoms with E-state index in [1.54, 1.807) is 54.6 Å². The number of sulfonamides is 1. The van der Waals surface area contributed by atoms with Crippen LogP contribution in [0.5, 0.6) is 11.5 Å². The van der Waals surface area contributed by atoms with Crippen LogP contribution in [0.1, 0.15) is 23.2 Å². The van der Waals surface area contributed by atoms with Gasteiger partial charge in [0.25, 0.3) is 15.9 Å². The Morgan fingerprint density at radius 2 is 1.71 bits per heavy atom. The number of rotatable bonds is 8. The second kappa shape index (κ2) is 11.9. The summed E-state index contributed by atoms with van der Waals surface area (Å²) in [7, 11) is -0.998. The third-order valence-electron chi connectivity index (χ3n) is 5.94. The Hall–Kier alpha value is -3.54. The second-order valence-corrected chi connectivity index (χ2v) is 11.0. The minimum atomic E-state index is -3.92. The highest BCUT2D eigenvalue weighted by atomic mass is 35.5. The summed E-state index contributed by atoms with van der Waals surface area (Å²) in [6.07, 6.45) is 2.04. The number of carbonyl (C=O) groups is 1. The van der Waals surface area contributed by atoms with Crippen LogP contribution in [0.2, 0.25) is 5.02 Å². The molecule has 0 aliphatic carbocycles. The number of thiocarbonyl (C=S) groups is 1. The van der Waals surface area contributed by atoms with Gasteiger partial charge in [-0.2, -0.15) is 0 Å². The van der Waals surface area contributed by atoms with E-state index in [2.05, 4.69) is 20.3 Å². The van der Waals surface area contributed by atoms with Crippen molar-refractivity contribution in [3.8, 4) is 11.5 Å². The third kappa shape index (κ3) is 6.29. The number of para-hydroxylation sites is 1. The Bertz CT molecular complexity index is 1440. The molecule has 9 nitrogen and oxygen atoms in total. The molecule has 4 rings (SSSR count). The summed E-state index contributed by atoms with van der Waals surface area (Å²) in [4.78, 5) is 15.2. The Kier molecular flexibility index (Phi) is 8.60. The van der Waals surface area contributed by atoms with Crippen molar-refractivity contribution >= 4 is 61.9 Å². The molecular weight excluding hydrogens is 548 g/mol. The lowest BCUT2D eigenvalue weighted by Crippen LogP contribution is -2.35. The highest BCUT2D eigenvalue weighted by Gasteiger charge is 2.22. The molecular formula is C26H27ClN4O5S2. The zero-order valence-electron chi connectivity index (χ0n) is 20.8. The van der Waals surface area contributed by atoms with Gasteiger partial charge in [-0.1, -0.05) is 17.7 Å². The minimum Gasteiger partial charge on any atom is -0.493 e. The molecule has 3 aromatic carbocycles. The SMILES string of the molecule is COc1cccc(C(=O)NC(=S)Nc2cc(S(=O)(=O)Nc3ccc(Cl)cc3)ccc2N2CCCC2)c1OC. The lowest BCUT2D eigenvalue weighted by atomic mass is 10.1. The molecule has 0 bridgehead atoms. The molecule has 3 N–H and O–H groups in total. The number of benzene rings is 3. The molecule has 3 aromatic rings. The average molecular weight is 575 g/mol. The molecule has 0 spiro atoms. The zero-order chi connectivity index (χ0) is 27.3. The zero-order valence-corrected chi connectivity index (χ0v) is 23.2. The van der Waals surface area contributed by atoms with Crippen LogP contribution in [0.25, 0.3) is 0 Å². The summed E-state index contributed by atoms with van der Waals surface area (Å²) in [5, 5.41) is 6.15. The molecule has 1 amide bonds. The van der Waals surface area contributed by atoms with E-state index < -0.39 is 15.9 Å². The Labute approximate surface area is 232 Å². The first-order valence-corrected chi connectivity index (χ1v) is 14.0. The topological polar surface area (TPSA) is 109 Å². The monoisotopic (exact) mass is 574 g/mol. The van der Waals surface area contributed by atoms with E-state index in [1.165, 1.54) is 20.3 Å².